The van der Waals surface area contributed by atoms with Crippen molar-refractivity contribution in [1.82, 2.24) is 0 Å². The summed E-state index contributed by atoms with van der Waals surface area (Å²) in [5.74, 6) is -0.0277. The SMILES string of the molecule is Cc1ccc2c(COC(=O)CS[C@H]3CCS(=O)(=O)C3)cc(=O)oc2c1C. The Labute approximate surface area is 155 Å². The molecule has 2 heterocycles. The molecule has 1 aliphatic rings. The molecule has 0 radical (unpaired) electrons. The number of aryl methyl sites for hydroxylation is 2. The van der Waals surface area contributed by atoms with Gasteiger partial charge in [-0.15, -0.1) is 11.8 Å². The zero-order valence-electron chi connectivity index (χ0n) is 14.6. The molecule has 1 aliphatic heterocycles. The van der Waals surface area contributed by atoms with Gasteiger partial charge in [0.1, 0.15) is 12.2 Å². The Morgan fingerprint density at radius 3 is 2.81 bits per heavy atom. The van der Waals surface area contributed by atoms with E-state index >= 15 is 0 Å². The van der Waals surface area contributed by atoms with Gasteiger partial charge in [0.2, 0.25) is 0 Å². The zero-order valence-corrected chi connectivity index (χ0v) is 16.2. The molecule has 1 aromatic heterocycles. The minimum Gasteiger partial charge on any atom is -0.460 e. The number of hydrogen-bond acceptors (Lipinski definition) is 7. The highest BCUT2D eigenvalue weighted by molar-refractivity contribution is 8.02. The lowest BCUT2D eigenvalue weighted by molar-refractivity contribution is -0.141. The number of thioether (sulfide) groups is 1. The third-order valence-electron chi connectivity index (χ3n) is 4.53. The van der Waals surface area contributed by atoms with Crippen molar-refractivity contribution in [2.75, 3.05) is 17.3 Å². The summed E-state index contributed by atoms with van der Waals surface area (Å²) in [5.41, 5.74) is 2.52. The molecule has 6 nitrogen and oxygen atoms in total. The number of carbonyl (C=O) groups excluding carboxylic acids is 1. The van der Waals surface area contributed by atoms with Crippen LogP contribution in [0.4, 0.5) is 0 Å². The van der Waals surface area contributed by atoms with Gasteiger partial charge in [0.05, 0.1) is 17.3 Å². The summed E-state index contributed by atoms with van der Waals surface area (Å²) < 4.78 is 33.5. The lowest BCUT2D eigenvalue weighted by Crippen LogP contribution is -2.13. The Hall–Kier alpha value is -1.80. The van der Waals surface area contributed by atoms with Crippen LogP contribution >= 0.6 is 11.8 Å². The Morgan fingerprint density at radius 1 is 1.35 bits per heavy atom. The van der Waals surface area contributed by atoms with E-state index in [0.717, 1.165) is 16.5 Å². The highest BCUT2D eigenvalue weighted by Crippen LogP contribution is 2.25. The molecule has 1 fully saturated rings. The number of benzene rings is 1. The monoisotopic (exact) mass is 396 g/mol. The molecule has 3 rings (SSSR count). The van der Waals surface area contributed by atoms with Crippen LogP contribution in [0.5, 0.6) is 0 Å². The average Bonchev–Trinajstić information content (AvgIpc) is 2.93. The van der Waals surface area contributed by atoms with Gasteiger partial charge in [0, 0.05) is 22.3 Å². The highest BCUT2D eigenvalue weighted by Gasteiger charge is 2.28. The summed E-state index contributed by atoms with van der Waals surface area (Å²) in [6, 6.07) is 5.11. The van der Waals surface area contributed by atoms with Crippen LogP contribution in [-0.2, 0) is 26.0 Å². The Morgan fingerprint density at radius 2 is 2.12 bits per heavy atom. The number of fused-ring (bicyclic) bond motifs is 1. The summed E-state index contributed by atoms with van der Waals surface area (Å²) in [4.78, 5) is 23.8. The molecular weight excluding hydrogens is 376 g/mol. The van der Waals surface area contributed by atoms with Gasteiger partial charge in [0.25, 0.3) is 0 Å². The third-order valence-corrected chi connectivity index (χ3v) is 7.79. The van der Waals surface area contributed by atoms with E-state index in [1.165, 1.54) is 17.8 Å². The van der Waals surface area contributed by atoms with Crippen LogP contribution in [0.2, 0.25) is 0 Å². The first kappa shape index (κ1) is 19.0. The molecule has 0 bridgehead atoms. The van der Waals surface area contributed by atoms with Crippen LogP contribution in [0.1, 0.15) is 23.1 Å². The maximum absolute atomic E-state index is 12.0. The quantitative estimate of drug-likeness (QED) is 0.566. The molecule has 1 aromatic carbocycles. The molecule has 140 valence electrons. The molecule has 8 heteroatoms. The predicted molar refractivity (Wildman–Crippen MR) is 101 cm³/mol. The maximum Gasteiger partial charge on any atom is 0.336 e. The van der Waals surface area contributed by atoms with Gasteiger partial charge in [-0.25, -0.2) is 13.2 Å². The van der Waals surface area contributed by atoms with E-state index in [-0.39, 0.29) is 29.1 Å². The Balaban J connectivity index is 1.65. The zero-order chi connectivity index (χ0) is 18.9. The number of esters is 1. The van der Waals surface area contributed by atoms with Crippen molar-refractivity contribution in [1.29, 1.82) is 0 Å². The Kier molecular flexibility index (Phi) is 5.43. The van der Waals surface area contributed by atoms with Crippen LogP contribution in [0.15, 0.2) is 27.4 Å². The molecule has 0 saturated carbocycles. The van der Waals surface area contributed by atoms with E-state index in [0.29, 0.717) is 17.6 Å². The summed E-state index contributed by atoms with van der Waals surface area (Å²) in [7, 11) is -2.95. The largest absolute Gasteiger partial charge is 0.460 e. The predicted octanol–water partition coefficient (Wildman–Crippen LogP) is 2.37. The average molecular weight is 396 g/mol. The normalized spacial score (nSPS) is 18.9. The molecule has 0 N–H and O–H groups in total. The molecule has 0 aliphatic carbocycles. The maximum atomic E-state index is 12.0. The van der Waals surface area contributed by atoms with E-state index in [1.807, 2.05) is 26.0 Å². The summed E-state index contributed by atoms with van der Waals surface area (Å²) in [5, 5.41) is 0.692. The first-order valence-corrected chi connectivity index (χ1v) is 11.1. The van der Waals surface area contributed by atoms with Gasteiger partial charge >= 0.3 is 11.6 Å². The fourth-order valence-corrected chi connectivity index (χ4v) is 6.36. The van der Waals surface area contributed by atoms with E-state index < -0.39 is 21.4 Å². The smallest absolute Gasteiger partial charge is 0.336 e. The van der Waals surface area contributed by atoms with Gasteiger partial charge in [-0.2, -0.15) is 0 Å². The lowest BCUT2D eigenvalue weighted by Gasteiger charge is -2.10. The first-order chi connectivity index (χ1) is 12.2. The minimum absolute atomic E-state index is 0.0209. The van der Waals surface area contributed by atoms with Crippen LogP contribution in [0.25, 0.3) is 11.0 Å². The summed E-state index contributed by atoms with van der Waals surface area (Å²) >= 11 is 1.31. The van der Waals surface area contributed by atoms with E-state index in [1.54, 1.807) is 0 Å². The Bertz CT molecular complexity index is 1010. The van der Waals surface area contributed by atoms with Crippen molar-refractivity contribution >= 4 is 38.5 Å². The van der Waals surface area contributed by atoms with Crippen molar-refractivity contribution in [3.05, 3.63) is 45.3 Å². The van der Waals surface area contributed by atoms with E-state index in [9.17, 15) is 18.0 Å². The molecule has 1 atom stereocenters. The van der Waals surface area contributed by atoms with E-state index in [4.69, 9.17) is 9.15 Å². The minimum atomic E-state index is -2.95. The first-order valence-electron chi connectivity index (χ1n) is 8.26. The van der Waals surface area contributed by atoms with Gasteiger partial charge in [-0.3, -0.25) is 4.79 Å². The highest BCUT2D eigenvalue weighted by atomic mass is 32.2. The second kappa shape index (κ2) is 7.44. The molecule has 0 amide bonds. The second-order valence-corrected chi connectivity index (χ2v) is 9.99. The standard InChI is InChI=1S/C18H20O6S2/c1-11-3-4-15-13(7-16(19)24-18(15)12(11)2)8-23-17(20)9-25-14-5-6-26(21,22)10-14/h3-4,7,14H,5-6,8-10H2,1-2H3/t14-/m0/s1. The van der Waals surface area contributed by atoms with Gasteiger partial charge in [0.15, 0.2) is 9.84 Å². The number of sulfone groups is 1. The van der Waals surface area contributed by atoms with Crippen LogP contribution in [0, 0.1) is 13.8 Å². The van der Waals surface area contributed by atoms with Crippen molar-refractivity contribution < 1.29 is 22.4 Å². The third kappa shape index (κ3) is 4.29. The van der Waals surface area contributed by atoms with Crippen molar-refractivity contribution in [2.45, 2.75) is 32.1 Å². The van der Waals surface area contributed by atoms with E-state index in [2.05, 4.69) is 0 Å². The summed E-state index contributed by atoms with van der Waals surface area (Å²) in [6.07, 6.45) is 0.573. The van der Waals surface area contributed by atoms with Crippen molar-refractivity contribution in [2.24, 2.45) is 0 Å². The molecule has 26 heavy (non-hydrogen) atoms. The van der Waals surface area contributed by atoms with Gasteiger partial charge < -0.3 is 9.15 Å². The van der Waals surface area contributed by atoms with Crippen LogP contribution in [-0.4, -0.2) is 36.9 Å². The fraction of sp³-hybridized carbons (Fsp3) is 0.444. The van der Waals surface area contributed by atoms with Crippen molar-refractivity contribution in [3.8, 4) is 0 Å². The molecule has 1 saturated heterocycles. The number of carbonyl (C=O) groups is 1. The lowest BCUT2D eigenvalue weighted by atomic mass is 10.0. The van der Waals surface area contributed by atoms with Crippen LogP contribution in [0.3, 0.4) is 0 Å². The number of hydrogen-bond donors (Lipinski definition) is 0. The number of ether oxygens (including phenoxy) is 1. The van der Waals surface area contributed by atoms with Crippen LogP contribution < -0.4 is 5.63 Å². The van der Waals surface area contributed by atoms with Gasteiger partial charge in [-0.1, -0.05) is 12.1 Å². The fourth-order valence-electron chi connectivity index (χ4n) is 2.92. The molecular formula is C18H20O6S2. The summed E-state index contributed by atoms with van der Waals surface area (Å²) in [6.45, 7) is 3.79. The second-order valence-electron chi connectivity index (χ2n) is 6.47. The molecule has 2 aromatic rings. The van der Waals surface area contributed by atoms with Gasteiger partial charge in [-0.05, 0) is 31.4 Å². The molecule has 0 spiro atoms. The number of rotatable bonds is 5. The van der Waals surface area contributed by atoms with Crippen molar-refractivity contribution in [3.63, 3.8) is 0 Å². The molecule has 0 unspecified atom stereocenters. The topological polar surface area (TPSA) is 90.7 Å².